The van der Waals surface area contributed by atoms with Crippen LogP contribution in [0.2, 0.25) is 0 Å². The van der Waals surface area contributed by atoms with Gasteiger partial charge in [-0.05, 0) is 35.9 Å². The lowest BCUT2D eigenvalue weighted by atomic mass is 10.1. The van der Waals surface area contributed by atoms with E-state index in [1.165, 1.54) is 18.7 Å². The zero-order valence-electron chi connectivity index (χ0n) is 15.7. The molecule has 0 amide bonds. The summed E-state index contributed by atoms with van der Waals surface area (Å²) in [5.41, 5.74) is 4.92. The predicted molar refractivity (Wildman–Crippen MR) is 110 cm³/mol. The highest BCUT2D eigenvalue weighted by Gasteiger charge is 2.10. The lowest BCUT2D eigenvalue weighted by Gasteiger charge is -2.07. The Labute approximate surface area is 166 Å². The third kappa shape index (κ3) is 3.18. The largest absolute Gasteiger partial charge is 0.494 e. The number of hydrogen-bond acceptors (Lipinski definition) is 4. The molecule has 0 bridgehead atoms. The highest BCUT2D eigenvalue weighted by molar-refractivity contribution is 5.93. The first-order chi connectivity index (χ1) is 14.2. The second-order valence-corrected chi connectivity index (χ2v) is 6.79. The van der Waals surface area contributed by atoms with E-state index in [0.29, 0.717) is 17.8 Å². The van der Waals surface area contributed by atoms with Crippen LogP contribution in [0.5, 0.6) is 5.75 Å². The summed E-state index contributed by atoms with van der Waals surface area (Å²) in [4.78, 5) is 9.23. The maximum absolute atomic E-state index is 14.1. The second-order valence-electron chi connectivity index (χ2n) is 6.79. The van der Waals surface area contributed by atoms with Crippen molar-refractivity contribution in [3.8, 4) is 17.0 Å². The van der Waals surface area contributed by atoms with E-state index in [0.717, 1.165) is 21.9 Å². The summed E-state index contributed by atoms with van der Waals surface area (Å²) in [6, 6.07) is 18.9. The molecule has 142 valence electrons. The summed E-state index contributed by atoms with van der Waals surface area (Å²) in [5.74, 6) is -0.225. The summed E-state index contributed by atoms with van der Waals surface area (Å²) in [5, 5.41) is 5.53. The monoisotopic (exact) mass is 384 g/mol. The van der Waals surface area contributed by atoms with Crippen molar-refractivity contribution in [3.05, 3.63) is 84.4 Å². The molecule has 6 heteroatoms. The van der Waals surface area contributed by atoms with Gasteiger partial charge in [0.05, 0.1) is 48.3 Å². The van der Waals surface area contributed by atoms with Gasteiger partial charge in [-0.25, -0.2) is 9.37 Å². The van der Waals surface area contributed by atoms with E-state index in [1.54, 1.807) is 18.3 Å². The van der Waals surface area contributed by atoms with Crippen molar-refractivity contribution < 1.29 is 9.13 Å². The van der Waals surface area contributed by atoms with Crippen molar-refractivity contribution in [1.29, 1.82) is 0 Å². The van der Waals surface area contributed by atoms with E-state index >= 15 is 0 Å². The van der Waals surface area contributed by atoms with Gasteiger partial charge in [-0.3, -0.25) is 9.67 Å². The molecule has 0 fully saturated rings. The summed E-state index contributed by atoms with van der Waals surface area (Å²) < 4.78 is 21.0. The Bertz CT molecular complexity index is 1330. The highest BCUT2D eigenvalue weighted by atomic mass is 19.1. The van der Waals surface area contributed by atoms with Crippen LogP contribution in [0.3, 0.4) is 0 Å². The van der Waals surface area contributed by atoms with Crippen LogP contribution in [0.25, 0.3) is 33.2 Å². The van der Waals surface area contributed by atoms with E-state index in [1.807, 2.05) is 41.2 Å². The summed E-state index contributed by atoms with van der Waals surface area (Å²) >= 11 is 0. The minimum Gasteiger partial charge on any atom is -0.494 e. The van der Waals surface area contributed by atoms with Crippen molar-refractivity contribution >= 4 is 21.9 Å². The maximum Gasteiger partial charge on any atom is 0.165 e. The Morgan fingerprint density at radius 3 is 2.62 bits per heavy atom. The molecule has 5 aromatic rings. The fourth-order valence-electron chi connectivity index (χ4n) is 3.43. The zero-order valence-corrected chi connectivity index (χ0v) is 15.7. The number of halogens is 1. The standard InChI is InChI=1S/C23H17FN4O/c1-29-23-8-7-16(9-18(23)24)21-13-25-19-10-17-12-26-28(22(17)11-20(19)27-21)14-15-5-3-2-4-6-15/h2-13H,14H2,1H3. The lowest BCUT2D eigenvalue weighted by Crippen LogP contribution is -2.01. The van der Waals surface area contributed by atoms with Crippen LogP contribution < -0.4 is 4.74 Å². The molecular weight excluding hydrogens is 367 g/mol. The van der Waals surface area contributed by atoms with Gasteiger partial charge in [-0.15, -0.1) is 0 Å². The lowest BCUT2D eigenvalue weighted by molar-refractivity contribution is 0.386. The summed E-state index contributed by atoms with van der Waals surface area (Å²) in [6.45, 7) is 0.673. The third-order valence-electron chi connectivity index (χ3n) is 4.93. The van der Waals surface area contributed by atoms with Gasteiger partial charge in [0.1, 0.15) is 0 Å². The molecule has 0 saturated carbocycles. The van der Waals surface area contributed by atoms with Crippen molar-refractivity contribution in [2.45, 2.75) is 6.54 Å². The van der Waals surface area contributed by atoms with Crippen LogP contribution >= 0.6 is 0 Å². The first-order valence-corrected chi connectivity index (χ1v) is 9.21. The number of methoxy groups -OCH3 is 1. The molecule has 2 heterocycles. The van der Waals surface area contributed by atoms with Crippen LogP contribution in [0.1, 0.15) is 5.56 Å². The van der Waals surface area contributed by atoms with Crippen LogP contribution in [0.4, 0.5) is 4.39 Å². The van der Waals surface area contributed by atoms with Crippen LogP contribution in [0, 0.1) is 5.82 Å². The molecule has 0 N–H and O–H groups in total. The number of nitrogens with zero attached hydrogens (tertiary/aromatic N) is 4. The normalized spacial score (nSPS) is 11.2. The molecule has 0 radical (unpaired) electrons. The fourth-order valence-corrected chi connectivity index (χ4v) is 3.43. The Morgan fingerprint density at radius 2 is 1.83 bits per heavy atom. The molecule has 0 unspecified atom stereocenters. The van der Waals surface area contributed by atoms with Gasteiger partial charge in [0, 0.05) is 10.9 Å². The molecule has 0 aliphatic carbocycles. The topological polar surface area (TPSA) is 52.8 Å². The van der Waals surface area contributed by atoms with E-state index in [2.05, 4.69) is 22.2 Å². The van der Waals surface area contributed by atoms with Crippen molar-refractivity contribution in [2.75, 3.05) is 7.11 Å². The first-order valence-electron chi connectivity index (χ1n) is 9.21. The number of rotatable bonds is 4. The smallest absolute Gasteiger partial charge is 0.165 e. The molecular formula is C23H17FN4O. The van der Waals surface area contributed by atoms with Crippen molar-refractivity contribution in [2.24, 2.45) is 0 Å². The number of aromatic nitrogens is 4. The molecule has 0 atom stereocenters. The quantitative estimate of drug-likeness (QED) is 0.445. The van der Waals surface area contributed by atoms with Crippen molar-refractivity contribution in [1.82, 2.24) is 19.7 Å². The third-order valence-corrected chi connectivity index (χ3v) is 4.93. The summed E-state index contributed by atoms with van der Waals surface area (Å²) in [6.07, 6.45) is 3.50. The van der Waals surface area contributed by atoms with Crippen molar-refractivity contribution in [3.63, 3.8) is 0 Å². The Morgan fingerprint density at radius 1 is 0.966 bits per heavy atom. The molecule has 2 aromatic heterocycles. The Kier molecular flexibility index (Phi) is 4.17. The minimum absolute atomic E-state index is 0.203. The molecule has 29 heavy (non-hydrogen) atoms. The van der Waals surface area contributed by atoms with Gasteiger partial charge in [-0.2, -0.15) is 5.10 Å². The highest BCUT2D eigenvalue weighted by Crippen LogP contribution is 2.27. The van der Waals surface area contributed by atoms with Gasteiger partial charge in [-0.1, -0.05) is 30.3 Å². The van der Waals surface area contributed by atoms with Crippen LogP contribution in [-0.2, 0) is 6.54 Å². The van der Waals surface area contributed by atoms with E-state index in [-0.39, 0.29) is 5.75 Å². The van der Waals surface area contributed by atoms with Gasteiger partial charge in [0.15, 0.2) is 11.6 Å². The maximum atomic E-state index is 14.1. The van der Waals surface area contributed by atoms with Gasteiger partial charge < -0.3 is 4.74 Å². The average molecular weight is 384 g/mol. The zero-order chi connectivity index (χ0) is 19.8. The van der Waals surface area contributed by atoms with E-state index in [4.69, 9.17) is 9.72 Å². The molecule has 0 aliphatic heterocycles. The van der Waals surface area contributed by atoms with E-state index in [9.17, 15) is 4.39 Å². The average Bonchev–Trinajstić information content (AvgIpc) is 3.14. The fraction of sp³-hybridized carbons (Fsp3) is 0.0870. The second kappa shape index (κ2) is 6.98. The number of hydrogen-bond donors (Lipinski definition) is 0. The van der Waals surface area contributed by atoms with Gasteiger partial charge in [0.2, 0.25) is 0 Å². The molecule has 0 saturated heterocycles. The molecule has 3 aromatic carbocycles. The van der Waals surface area contributed by atoms with Crippen LogP contribution in [0.15, 0.2) is 73.1 Å². The number of benzene rings is 3. The molecule has 5 nitrogen and oxygen atoms in total. The summed E-state index contributed by atoms with van der Waals surface area (Å²) in [7, 11) is 1.44. The van der Waals surface area contributed by atoms with Crippen LogP contribution in [-0.4, -0.2) is 26.9 Å². The van der Waals surface area contributed by atoms with Gasteiger partial charge >= 0.3 is 0 Å². The molecule has 0 aliphatic rings. The number of ether oxygens (including phenoxy) is 1. The SMILES string of the molecule is COc1ccc(-c2cnc3cc4cnn(Cc5ccccc5)c4cc3n2)cc1F. The number of fused-ring (bicyclic) bond motifs is 2. The Balaban J connectivity index is 1.58. The predicted octanol–water partition coefficient (Wildman–Crippen LogP) is 4.84. The Hall–Kier alpha value is -3.80. The minimum atomic E-state index is -0.428. The first kappa shape index (κ1) is 17.3. The molecule has 0 spiro atoms. The van der Waals surface area contributed by atoms with Gasteiger partial charge in [0.25, 0.3) is 0 Å². The van der Waals surface area contributed by atoms with E-state index < -0.39 is 5.82 Å². The molecule has 5 rings (SSSR count).